The van der Waals surface area contributed by atoms with Crippen molar-refractivity contribution in [1.29, 1.82) is 0 Å². The lowest BCUT2D eigenvalue weighted by molar-refractivity contribution is 0.117. The molecule has 0 aliphatic heterocycles. The second kappa shape index (κ2) is 8.47. The summed E-state index contributed by atoms with van der Waals surface area (Å²) in [5.74, 6) is 0.910. The van der Waals surface area contributed by atoms with E-state index in [-0.39, 0.29) is 5.76 Å². The predicted octanol–water partition coefficient (Wildman–Crippen LogP) is 3.84. The van der Waals surface area contributed by atoms with E-state index in [1.807, 2.05) is 30.3 Å². The lowest BCUT2D eigenvalue weighted by Crippen LogP contribution is -2.01. The van der Waals surface area contributed by atoms with Crippen LogP contribution in [-0.4, -0.2) is 25.5 Å². The van der Waals surface area contributed by atoms with Gasteiger partial charge in [-0.1, -0.05) is 30.4 Å². The van der Waals surface area contributed by atoms with E-state index in [4.69, 9.17) is 14.6 Å². The first-order valence-corrected chi connectivity index (χ1v) is 6.20. The molecule has 0 unspecified atom stereocenters. The lowest BCUT2D eigenvalue weighted by atomic mass is 10.2. The Bertz CT molecular complexity index is 570. The summed E-state index contributed by atoms with van der Waals surface area (Å²) in [6.07, 6.45) is 5.24. The highest BCUT2D eigenvalue weighted by Gasteiger charge is 2.06. The molecule has 0 saturated carbocycles. The van der Waals surface area contributed by atoms with E-state index in [9.17, 15) is 4.79 Å². The lowest BCUT2D eigenvalue weighted by Gasteiger charge is -2.04. The highest BCUT2D eigenvalue weighted by Crippen LogP contribution is 2.15. The van der Waals surface area contributed by atoms with Gasteiger partial charge in [0.15, 0.2) is 5.76 Å². The molecule has 5 heteroatoms. The van der Waals surface area contributed by atoms with Crippen LogP contribution in [0.4, 0.5) is 4.79 Å². The molecule has 21 heavy (non-hydrogen) atoms. The minimum atomic E-state index is -1.39. The van der Waals surface area contributed by atoms with E-state index in [2.05, 4.69) is 4.74 Å². The van der Waals surface area contributed by atoms with Crippen molar-refractivity contribution >= 4 is 12.2 Å². The monoisotopic (exact) mass is 290 g/mol. The number of benzene rings is 1. The number of methoxy groups -OCH3 is 2. The van der Waals surface area contributed by atoms with Crippen molar-refractivity contribution in [3.63, 3.8) is 0 Å². The van der Waals surface area contributed by atoms with Crippen LogP contribution in [0.15, 0.2) is 54.0 Å². The quantitative estimate of drug-likeness (QED) is 0.490. The van der Waals surface area contributed by atoms with Crippen LogP contribution in [0.1, 0.15) is 12.5 Å². The van der Waals surface area contributed by atoms with Crippen molar-refractivity contribution in [3.8, 4) is 5.75 Å². The topological polar surface area (TPSA) is 65.0 Å². The van der Waals surface area contributed by atoms with Crippen LogP contribution in [0, 0.1) is 0 Å². The van der Waals surface area contributed by atoms with Gasteiger partial charge in [0.1, 0.15) is 12.0 Å². The first kappa shape index (κ1) is 16.4. The number of hydrogen-bond donors (Lipinski definition) is 1. The number of allylic oxidation sites excluding steroid dienone is 3. The maximum Gasteiger partial charge on any atom is 0.511 e. The maximum absolute atomic E-state index is 10.6. The van der Waals surface area contributed by atoms with Gasteiger partial charge >= 0.3 is 6.16 Å². The number of ether oxygens (including phenoxy) is 3. The maximum atomic E-state index is 10.6. The number of carboxylic acid groups (broad SMARTS) is 1. The molecule has 1 N–H and O–H groups in total. The van der Waals surface area contributed by atoms with Crippen LogP contribution in [0.25, 0.3) is 6.08 Å². The van der Waals surface area contributed by atoms with Gasteiger partial charge in [0.25, 0.3) is 0 Å². The summed E-state index contributed by atoms with van der Waals surface area (Å²) >= 11 is 0. The molecule has 0 aliphatic rings. The summed E-state index contributed by atoms with van der Waals surface area (Å²) in [6, 6.07) is 7.57. The van der Waals surface area contributed by atoms with Gasteiger partial charge in [-0.2, -0.15) is 0 Å². The Morgan fingerprint density at radius 1 is 1.29 bits per heavy atom. The van der Waals surface area contributed by atoms with E-state index in [0.29, 0.717) is 5.57 Å². The largest absolute Gasteiger partial charge is 0.511 e. The van der Waals surface area contributed by atoms with Gasteiger partial charge in [-0.05, 0) is 30.2 Å². The zero-order chi connectivity index (χ0) is 15.7. The Balaban J connectivity index is 2.83. The Kier molecular flexibility index (Phi) is 6.60. The molecule has 112 valence electrons. The van der Waals surface area contributed by atoms with E-state index in [0.717, 1.165) is 11.3 Å². The second-order valence-corrected chi connectivity index (χ2v) is 4.07. The van der Waals surface area contributed by atoms with E-state index >= 15 is 0 Å². The van der Waals surface area contributed by atoms with Crippen LogP contribution >= 0.6 is 0 Å². The normalized spacial score (nSPS) is 12.3. The van der Waals surface area contributed by atoms with Crippen LogP contribution in [0.3, 0.4) is 0 Å². The van der Waals surface area contributed by atoms with Crippen LogP contribution < -0.4 is 4.74 Å². The minimum absolute atomic E-state index is 0.139. The van der Waals surface area contributed by atoms with Crippen molar-refractivity contribution in [2.75, 3.05) is 14.2 Å². The molecule has 1 aromatic carbocycles. The van der Waals surface area contributed by atoms with Gasteiger partial charge in [0, 0.05) is 0 Å². The Morgan fingerprint density at radius 2 is 2.05 bits per heavy atom. The second-order valence-electron chi connectivity index (χ2n) is 4.07. The smallest absolute Gasteiger partial charge is 0.500 e. The molecule has 0 aliphatic carbocycles. The SMILES string of the molecule is COC=C(OC(=O)O)C(C)=CC=Cc1cccc(OC)c1. The molecule has 0 bridgehead atoms. The molecule has 0 heterocycles. The van der Waals surface area contributed by atoms with E-state index in [1.54, 1.807) is 26.2 Å². The van der Waals surface area contributed by atoms with E-state index in [1.165, 1.54) is 13.4 Å². The summed E-state index contributed by atoms with van der Waals surface area (Å²) in [5, 5.41) is 8.64. The van der Waals surface area contributed by atoms with Crippen LogP contribution in [0.5, 0.6) is 5.75 Å². The highest BCUT2D eigenvalue weighted by atomic mass is 16.7. The first-order chi connectivity index (χ1) is 10.1. The fraction of sp³-hybridized carbons (Fsp3) is 0.188. The summed E-state index contributed by atoms with van der Waals surface area (Å²) < 4.78 is 14.5. The average molecular weight is 290 g/mol. The first-order valence-electron chi connectivity index (χ1n) is 6.20. The molecule has 0 saturated heterocycles. The Labute approximate surface area is 123 Å². The molecule has 1 aromatic rings. The fourth-order valence-corrected chi connectivity index (χ4v) is 1.53. The van der Waals surface area contributed by atoms with Crippen molar-refractivity contribution in [1.82, 2.24) is 0 Å². The number of hydrogen-bond acceptors (Lipinski definition) is 4. The molecule has 0 fully saturated rings. The van der Waals surface area contributed by atoms with Crippen molar-refractivity contribution in [2.45, 2.75) is 6.92 Å². The van der Waals surface area contributed by atoms with Gasteiger partial charge in [-0.3, -0.25) is 0 Å². The van der Waals surface area contributed by atoms with Crippen molar-refractivity contribution < 1.29 is 24.1 Å². The predicted molar refractivity (Wildman–Crippen MR) is 80.0 cm³/mol. The summed E-state index contributed by atoms with van der Waals surface area (Å²) in [4.78, 5) is 10.6. The van der Waals surface area contributed by atoms with E-state index < -0.39 is 6.16 Å². The molecule has 0 atom stereocenters. The Morgan fingerprint density at radius 3 is 2.67 bits per heavy atom. The molecule has 0 amide bonds. The molecule has 0 aromatic heterocycles. The molecule has 5 nitrogen and oxygen atoms in total. The fourth-order valence-electron chi connectivity index (χ4n) is 1.53. The molecule has 0 radical (unpaired) electrons. The summed E-state index contributed by atoms with van der Waals surface area (Å²) in [7, 11) is 3.03. The van der Waals surface area contributed by atoms with Gasteiger partial charge in [-0.15, -0.1) is 0 Å². The number of rotatable bonds is 6. The third-order valence-electron chi connectivity index (χ3n) is 2.54. The average Bonchev–Trinajstić information content (AvgIpc) is 2.46. The van der Waals surface area contributed by atoms with Gasteiger partial charge in [0.05, 0.1) is 14.2 Å². The third-order valence-corrected chi connectivity index (χ3v) is 2.54. The molecular weight excluding hydrogens is 272 g/mol. The van der Waals surface area contributed by atoms with Crippen LogP contribution in [0.2, 0.25) is 0 Å². The van der Waals surface area contributed by atoms with Gasteiger partial charge in [-0.25, -0.2) is 4.79 Å². The van der Waals surface area contributed by atoms with Crippen molar-refractivity contribution in [3.05, 3.63) is 59.6 Å². The standard InChI is InChI=1S/C16H18O5/c1-12(15(11-19-2)21-16(17)18)6-4-7-13-8-5-9-14(10-13)20-3/h4-11H,1-3H3,(H,17,18). The van der Waals surface area contributed by atoms with Crippen molar-refractivity contribution in [2.24, 2.45) is 0 Å². The van der Waals surface area contributed by atoms with Gasteiger partial charge in [0.2, 0.25) is 0 Å². The highest BCUT2D eigenvalue weighted by molar-refractivity contribution is 5.60. The van der Waals surface area contributed by atoms with Crippen LogP contribution in [-0.2, 0) is 9.47 Å². The molecule has 1 rings (SSSR count). The number of carbonyl (C=O) groups is 1. The Hall–Kier alpha value is -2.69. The third kappa shape index (κ3) is 5.86. The summed E-state index contributed by atoms with van der Waals surface area (Å²) in [6.45, 7) is 1.73. The molecule has 0 spiro atoms. The zero-order valence-corrected chi connectivity index (χ0v) is 12.2. The summed E-state index contributed by atoms with van der Waals surface area (Å²) in [5.41, 5.74) is 1.59. The zero-order valence-electron chi connectivity index (χ0n) is 12.2. The molecular formula is C16H18O5. The van der Waals surface area contributed by atoms with Gasteiger partial charge < -0.3 is 19.3 Å². The minimum Gasteiger partial charge on any atom is -0.500 e.